The molecule has 2 aliphatic rings. The number of ether oxygens (including phenoxy) is 3. The van der Waals surface area contributed by atoms with Gasteiger partial charge in [0.25, 0.3) is 5.91 Å². The molecule has 38 heavy (non-hydrogen) atoms. The van der Waals surface area contributed by atoms with Crippen molar-refractivity contribution in [1.82, 2.24) is 9.80 Å². The number of methoxy groups -OCH3 is 1. The minimum Gasteiger partial charge on any atom is -0.493 e. The lowest BCUT2D eigenvalue weighted by Crippen LogP contribution is -2.38. The van der Waals surface area contributed by atoms with E-state index in [0.29, 0.717) is 47.1 Å². The van der Waals surface area contributed by atoms with Gasteiger partial charge in [-0.25, -0.2) is 0 Å². The Bertz CT molecular complexity index is 1380. The molecule has 1 atom stereocenters. The van der Waals surface area contributed by atoms with Gasteiger partial charge in [-0.05, 0) is 49.1 Å². The monoisotopic (exact) mass is 520 g/mol. The number of amides is 1. The van der Waals surface area contributed by atoms with Gasteiger partial charge in [-0.1, -0.05) is 31.5 Å². The van der Waals surface area contributed by atoms with Gasteiger partial charge in [0, 0.05) is 26.2 Å². The van der Waals surface area contributed by atoms with Crippen LogP contribution in [0.2, 0.25) is 0 Å². The lowest BCUT2D eigenvalue weighted by molar-refractivity contribution is 0.0353. The maximum Gasteiger partial charge on any atom is 0.290 e. The van der Waals surface area contributed by atoms with Crippen molar-refractivity contribution >= 4 is 16.9 Å². The molecule has 0 saturated carbocycles. The van der Waals surface area contributed by atoms with Gasteiger partial charge in [-0.15, -0.1) is 0 Å². The third kappa shape index (κ3) is 5.15. The number of hydrogen-bond acceptors (Lipinski definition) is 7. The normalized spacial score (nSPS) is 17.9. The van der Waals surface area contributed by atoms with Gasteiger partial charge in [-0.2, -0.15) is 0 Å². The Morgan fingerprint density at radius 2 is 1.82 bits per heavy atom. The van der Waals surface area contributed by atoms with Crippen molar-refractivity contribution in [3.8, 4) is 11.5 Å². The largest absolute Gasteiger partial charge is 0.493 e. The van der Waals surface area contributed by atoms with Gasteiger partial charge < -0.3 is 23.5 Å². The second-order valence-corrected chi connectivity index (χ2v) is 10.5. The molecule has 2 aromatic carbocycles. The van der Waals surface area contributed by atoms with Crippen molar-refractivity contribution in [3.05, 3.63) is 69.1 Å². The summed E-state index contributed by atoms with van der Waals surface area (Å²) in [6.07, 6.45) is 0.774. The second kappa shape index (κ2) is 11.2. The Balaban J connectivity index is 1.54. The average molecular weight is 521 g/mol. The van der Waals surface area contributed by atoms with Crippen LogP contribution in [-0.2, 0) is 4.74 Å². The predicted molar refractivity (Wildman–Crippen MR) is 145 cm³/mol. The average Bonchev–Trinajstić information content (AvgIpc) is 3.20. The minimum atomic E-state index is -0.573. The first kappa shape index (κ1) is 26.3. The summed E-state index contributed by atoms with van der Waals surface area (Å²) in [5, 5.41) is 0.487. The van der Waals surface area contributed by atoms with E-state index in [1.165, 1.54) is 0 Å². The smallest absolute Gasteiger partial charge is 0.290 e. The molecule has 1 aromatic heterocycles. The molecule has 0 N–H and O–H groups in total. The Morgan fingerprint density at radius 3 is 2.55 bits per heavy atom. The number of morpholine rings is 1. The first-order valence-corrected chi connectivity index (χ1v) is 13.4. The van der Waals surface area contributed by atoms with Crippen LogP contribution in [0.15, 0.2) is 45.6 Å². The molecule has 0 aliphatic carbocycles. The Morgan fingerprint density at radius 1 is 1.03 bits per heavy atom. The number of hydrogen-bond donors (Lipinski definition) is 0. The highest BCUT2D eigenvalue weighted by atomic mass is 16.5. The Kier molecular flexibility index (Phi) is 7.72. The van der Waals surface area contributed by atoms with Crippen LogP contribution < -0.4 is 14.9 Å². The highest BCUT2D eigenvalue weighted by Gasteiger charge is 2.42. The summed E-state index contributed by atoms with van der Waals surface area (Å²) in [5.41, 5.74) is 2.39. The van der Waals surface area contributed by atoms with Crippen LogP contribution in [-0.4, -0.2) is 68.8 Å². The van der Waals surface area contributed by atoms with Crippen LogP contribution in [0, 0.1) is 12.8 Å². The summed E-state index contributed by atoms with van der Waals surface area (Å²) in [5.74, 6) is 1.43. The second-order valence-electron chi connectivity index (χ2n) is 10.5. The highest BCUT2D eigenvalue weighted by Crippen LogP contribution is 2.41. The van der Waals surface area contributed by atoms with E-state index in [0.717, 1.165) is 50.4 Å². The molecule has 8 heteroatoms. The molecule has 3 heterocycles. The van der Waals surface area contributed by atoms with Gasteiger partial charge in [0.15, 0.2) is 16.9 Å². The topological polar surface area (TPSA) is 81.5 Å². The molecule has 5 rings (SSSR count). The molecule has 2 aliphatic heterocycles. The highest BCUT2D eigenvalue weighted by molar-refractivity contribution is 5.99. The van der Waals surface area contributed by atoms with Gasteiger partial charge in [0.2, 0.25) is 5.76 Å². The van der Waals surface area contributed by atoms with Crippen LogP contribution in [0.1, 0.15) is 53.6 Å². The number of nitrogens with zero attached hydrogens (tertiary/aromatic N) is 2. The molecule has 202 valence electrons. The minimum absolute atomic E-state index is 0.127. The van der Waals surface area contributed by atoms with E-state index in [1.54, 1.807) is 18.1 Å². The summed E-state index contributed by atoms with van der Waals surface area (Å²) in [6, 6.07) is 10.6. The lowest BCUT2D eigenvalue weighted by Gasteiger charge is -2.29. The molecule has 0 spiro atoms. The van der Waals surface area contributed by atoms with E-state index < -0.39 is 6.04 Å². The lowest BCUT2D eigenvalue weighted by atomic mass is 9.97. The number of fused-ring (bicyclic) bond motifs is 2. The third-order valence-corrected chi connectivity index (χ3v) is 7.17. The number of carbonyl (C=O) groups is 1. The molecular formula is C30H36N2O6. The van der Waals surface area contributed by atoms with Gasteiger partial charge in [-0.3, -0.25) is 14.5 Å². The van der Waals surface area contributed by atoms with Crippen LogP contribution in [0.4, 0.5) is 0 Å². The summed E-state index contributed by atoms with van der Waals surface area (Å²) < 4.78 is 23.2. The fourth-order valence-electron chi connectivity index (χ4n) is 5.23. The van der Waals surface area contributed by atoms with Gasteiger partial charge in [0.05, 0.1) is 43.9 Å². The third-order valence-electron chi connectivity index (χ3n) is 7.17. The molecule has 8 nitrogen and oxygen atoms in total. The first-order chi connectivity index (χ1) is 18.4. The zero-order chi connectivity index (χ0) is 26.8. The summed E-state index contributed by atoms with van der Waals surface area (Å²) in [4.78, 5) is 31.7. The zero-order valence-electron chi connectivity index (χ0n) is 22.6. The zero-order valence-corrected chi connectivity index (χ0v) is 22.6. The number of rotatable bonds is 9. The maximum atomic E-state index is 13.9. The Hall–Kier alpha value is -3.36. The summed E-state index contributed by atoms with van der Waals surface area (Å²) >= 11 is 0. The Labute approximate surface area is 223 Å². The van der Waals surface area contributed by atoms with Crippen molar-refractivity contribution < 1.29 is 23.4 Å². The van der Waals surface area contributed by atoms with E-state index in [1.807, 2.05) is 37.3 Å². The standard InChI is InChI=1S/C30H36N2O6/c1-19(2)18-37-24-9-7-21(17-25(24)35-4)27-26-28(33)22-16-20(3)6-8-23(22)38-29(26)30(34)32(27)11-5-10-31-12-14-36-15-13-31/h6-9,16-17,19,27H,5,10-15,18H2,1-4H3/t27-/m0/s1. The van der Waals surface area contributed by atoms with Gasteiger partial charge in [0.1, 0.15) is 5.58 Å². The molecular weight excluding hydrogens is 484 g/mol. The van der Waals surface area contributed by atoms with Crippen molar-refractivity contribution in [3.63, 3.8) is 0 Å². The maximum absolute atomic E-state index is 13.9. The molecule has 0 bridgehead atoms. The fourth-order valence-corrected chi connectivity index (χ4v) is 5.23. The molecule has 0 unspecified atom stereocenters. The van der Waals surface area contributed by atoms with Crippen molar-refractivity contribution in [2.24, 2.45) is 5.92 Å². The quantitative estimate of drug-likeness (QED) is 0.413. The molecule has 1 saturated heterocycles. The van der Waals surface area contributed by atoms with E-state index in [2.05, 4.69) is 18.7 Å². The summed E-state index contributed by atoms with van der Waals surface area (Å²) in [7, 11) is 1.60. The first-order valence-electron chi connectivity index (χ1n) is 13.4. The SMILES string of the molecule is COc1cc([C@H]2c3c(oc4ccc(C)cc4c3=O)C(=O)N2CCCN2CCOCC2)ccc1OCC(C)C. The predicted octanol–water partition coefficient (Wildman–Crippen LogP) is 4.41. The number of aryl methyl sites for hydroxylation is 1. The van der Waals surface area contributed by atoms with E-state index >= 15 is 0 Å². The molecule has 0 radical (unpaired) electrons. The van der Waals surface area contributed by atoms with E-state index in [9.17, 15) is 9.59 Å². The van der Waals surface area contributed by atoms with E-state index in [4.69, 9.17) is 18.6 Å². The van der Waals surface area contributed by atoms with Crippen molar-refractivity contribution in [2.75, 3.05) is 53.1 Å². The van der Waals surface area contributed by atoms with E-state index in [-0.39, 0.29) is 17.1 Å². The summed E-state index contributed by atoms with van der Waals surface area (Å²) in [6.45, 7) is 11.2. The van der Waals surface area contributed by atoms with Crippen LogP contribution in [0.3, 0.4) is 0 Å². The van der Waals surface area contributed by atoms with Crippen LogP contribution >= 0.6 is 0 Å². The van der Waals surface area contributed by atoms with Crippen LogP contribution in [0.5, 0.6) is 11.5 Å². The van der Waals surface area contributed by atoms with Crippen molar-refractivity contribution in [1.29, 1.82) is 0 Å². The number of benzene rings is 2. The molecule has 1 fully saturated rings. The van der Waals surface area contributed by atoms with Crippen LogP contribution in [0.25, 0.3) is 11.0 Å². The number of carbonyl (C=O) groups excluding carboxylic acids is 1. The fraction of sp³-hybridized carbons (Fsp3) is 0.467. The van der Waals surface area contributed by atoms with Crippen molar-refractivity contribution in [2.45, 2.75) is 33.2 Å². The molecule has 3 aromatic rings. The van der Waals surface area contributed by atoms with Gasteiger partial charge >= 0.3 is 0 Å². The molecule has 1 amide bonds.